The van der Waals surface area contributed by atoms with E-state index in [2.05, 4.69) is 11.9 Å². The van der Waals surface area contributed by atoms with Crippen molar-refractivity contribution in [1.29, 1.82) is 0 Å². The van der Waals surface area contributed by atoms with Gasteiger partial charge in [-0.05, 0) is 12.1 Å². The lowest BCUT2D eigenvalue weighted by molar-refractivity contribution is 0.597. The first kappa shape index (κ1) is 13.4. The van der Waals surface area contributed by atoms with Crippen molar-refractivity contribution in [3.8, 4) is 0 Å². The summed E-state index contributed by atoms with van der Waals surface area (Å²) >= 11 is 5.80. The van der Waals surface area contributed by atoms with Crippen LogP contribution in [0.1, 0.15) is 5.56 Å². The summed E-state index contributed by atoms with van der Waals surface area (Å²) in [5.41, 5.74) is 0.506. The van der Waals surface area contributed by atoms with Gasteiger partial charge in [0.15, 0.2) is 0 Å². The van der Waals surface area contributed by atoms with Crippen LogP contribution in [0.4, 0.5) is 4.39 Å². The Morgan fingerprint density at radius 3 is 2.79 bits per heavy atom. The third-order valence-corrected chi connectivity index (χ3v) is 2.01. The van der Waals surface area contributed by atoms with Gasteiger partial charge in [0, 0.05) is 23.7 Å². The molecule has 0 aliphatic rings. The summed E-state index contributed by atoms with van der Waals surface area (Å²) < 4.78 is 13.1. The summed E-state index contributed by atoms with van der Waals surface area (Å²) in [6.07, 6.45) is 1.72. The van der Waals surface area contributed by atoms with Crippen LogP contribution in [0.5, 0.6) is 0 Å². The molecule has 1 nitrogen and oxygen atoms in total. The minimum atomic E-state index is -0.274. The largest absolute Gasteiger partial charge is 0.309 e. The van der Waals surface area contributed by atoms with Crippen LogP contribution in [-0.2, 0) is 6.54 Å². The summed E-state index contributed by atoms with van der Waals surface area (Å²) in [6, 6.07) is 4.67. The first-order valence-electron chi connectivity index (χ1n) is 4.00. The molecule has 0 heterocycles. The molecule has 1 aromatic carbocycles. The Hall–Kier alpha value is -0.570. The van der Waals surface area contributed by atoms with Crippen molar-refractivity contribution >= 4 is 24.0 Å². The van der Waals surface area contributed by atoms with Gasteiger partial charge in [0.1, 0.15) is 5.82 Å². The third-order valence-electron chi connectivity index (χ3n) is 1.65. The molecule has 0 saturated heterocycles. The molecule has 0 aliphatic heterocycles. The summed E-state index contributed by atoms with van der Waals surface area (Å²) in [4.78, 5) is 0. The molecule has 4 heteroatoms. The average molecular weight is 236 g/mol. The van der Waals surface area contributed by atoms with Crippen LogP contribution in [0, 0.1) is 5.82 Å². The monoisotopic (exact) mass is 235 g/mol. The molecule has 0 fully saturated rings. The molecule has 0 bridgehead atoms. The Morgan fingerprint density at radius 2 is 2.21 bits per heavy atom. The van der Waals surface area contributed by atoms with Gasteiger partial charge in [-0.3, -0.25) is 0 Å². The summed E-state index contributed by atoms with van der Waals surface area (Å²) in [7, 11) is 0. The van der Waals surface area contributed by atoms with Gasteiger partial charge >= 0.3 is 0 Å². The highest BCUT2D eigenvalue weighted by molar-refractivity contribution is 6.31. The van der Waals surface area contributed by atoms with Crippen molar-refractivity contribution in [3.63, 3.8) is 0 Å². The molecule has 0 amide bonds. The van der Waals surface area contributed by atoms with Crippen LogP contribution in [0.3, 0.4) is 0 Å². The normalized spacial score (nSPS) is 9.29. The van der Waals surface area contributed by atoms with E-state index in [9.17, 15) is 4.39 Å². The van der Waals surface area contributed by atoms with E-state index in [1.807, 2.05) is 0 Å². The molecule has 0 aliphatic carbocycles. The third kappa shape index (κ3) is 3.66. The predicted molar refractivity (Wildman–Crippen MR) is 60.6 cm³/mol. The molecule has 0 aromatic heterocycles. The molecular weight excluding hydrogens is 224 g/mol. The predicted octanol–water partition coefficient (Wildman–Crippen LogP) is 3.18. The SMILES string of the molecule is C=CCNCc1c(F)cccc1Cl.Cl. The second-order valence-corrected chi connectivity index (χ2v) is 3.03. The molecule has 78 valence electrons. The van der Waals surface area contributed by atoms with Crippen LogP contribution in [0.2, 0.25) is 5.02 Å². The number of rotatable bonds is 4. The zero-order valence-corrected chi connectivity index (χ0v) is 9.17. The van der Waals surface area contributed by atoms with E-state index in [4.69, 9.17) is 11.6 Å². The minimum Gasteiger partial charge on any atom is -0.309 e. The van der Waals surface area contributed by atoms with Crippen molar-refractivity contribution in [2.24, 2.45) is 0 Å². The number of hydrogen-bond acceptors (Lipinski definition) is 1. The second-order valence-electron chi connectivity index (χ2n) is 2.62. The first-order chi connectivity index (χ1) is 6.25. The molecule has 0 radical (unpaired) electrons. The summed E-state index contributed by atoms with van der Waals surface area (Å²) in [5, 5.41) is 3.45. The van der Waals surface area contributed by atoms with Crippen molar-refractivity contribution in [2.45, 2.75) is 6.54 Å². The molecule has 0 atom stereocenters. The van der Waals surface area contributed by atoms with Crippen molar-refractivity contribution in [2.75, 3.05) is 6.54 Å². The highest BCUT2D eigenvalue weighted by Gasteiger charge is 2.04. The van der Waals surface area contributed by atoms with Crippen molar-refractivity contribution in [3.05, 3.63) is 47.3 Å². The van der Waals surface area contributed by atoms with E-state index < -0.39 is 0 Å². The first-order valence-corrected chi connectivity index (χ1v) is 4.38. The molecule has 1 N–H and O–H groups in total. The van der Waals surface area contributed by atoms with Gasteiger partial charge in [-0.25, -0.2) is 4.39 Å². The van der Waals surface area contributed by atoms with Gasteiger partial charge in [-0.15, -0.1) is 19.0 Å². The Labute approximate surface area is 94.4 Å². The minimum absolute atomic E-state index is 0. The van der Waals surface area contributed by atoms with E-state index in [1.54, 1.807) is 18.2 Å². The molecule has 1 aromatic rings. The van der Waals surface area contributed by atoms with Gasteiger partial charge in [-0.1, -0.05) is 23.7 Å². The highest BCUT2D eigenvalue weighted by Crippen LogP contribution is 2.18. The smallest absolute Gasteiger partial charge is 0.129 e. The number of halogens is 3. The maximum atomic E-state index is 13.1. The van der Waals surface area contributed by atoms with Crippen LogP contribution in [-0.4, -0.2) is 6.54 Å². The van der Waals surface area contributed by atoms with Gasteiger partial charge in [0.05, 0.1) is 0 Å². The Morgan fingerprint density at radius 1 is 1.50 bits per heavy atom. The quantitative estimate of drug-likeness (QED) is 0.625. The van der Waals surface area contributed by atoms with E-state index >= 15 is 0 Å². The average Bonchev–Trinajstić information content (AvgIpc) is 2.10. The van der Waals surface area contributed by atoms with Gasteiger partial charge < -0.3 is 5.32 Å². The van der Waals surface area contributed by atoms with Gasteiger partial charge in [0.25, 0.3) is 0 Å². The topological polar surface area (TPSA) is 12.0 Å². The van der Waals surface area contributed by atoms with E-state index in [-0.39, 0.29) is 18.2 Å². The fourth-order valence-electron chi connectivity index (χ4n) is 1.00. The van der Waals surface area contributed by atoms with Crippen LogP contribution >= 0.6 is 24.0 Å². The van der Waals surface area contributed by atoms with E-state index in [0.717, 1.165) is 0 Å². The van der Waals surface area contributed by atoms with Gasteiger partial charge in [0.2, 0.25) is 0 Å². The fourth-order valence-corrected chi connectivity index (χ4v) is 1.23. The summed E-state index contributed by atoms with van der Waals surface area (Å²) in [5.74, 6) is -0.274. The van der Waals surface area contributed by atoms with E-state index in [1.165, 1.54) is 6.07 Å². The standard InChI is InChI=1S/C10H11ClFN.ClH/c1-2-6-13-7-8-9(11)4-3-5-10(8)12;/h2-5,13H,1,6-7H2;1H. The molecule has 0 unspecified atom stereocenters. The van der Waals surface area contributed by atoms with Crippen molar-refractivity contribution < 1.29 is 4.39 Å². The molecule has 0 spiro atoms. The maximum Gasteiger partial charge on any atom is 0.129 e. The number of nitrogens with one attached hydrogen (secondary N) is 1. The lowest BCUT2D eigenvalue weighted by Gasteiger charge is -2.05. The zero-order chi connectivity index (χ0) is 9.68. The number of hydrogen-bond donors (Lipinski definition) is 1. The fraction of sp³-hybridized carbons (Fsp3) is 0.200. The Balaban J connectivity index is 0.00000169. The Kier molecular flexibility index (Phi) is 6.54. The van der Waals surface area contributed by atoms with Crippen LogP contribution < -0.4 is 5.32 Å². The number of benzene rings is 1. The molecule has 1 rings (SSSR count). The lowest BCUT2D eigenvalue weighted by atomic mass is 10.2. The second kappa shape index (κ2) is 6.82. The van der Waals surface area contributed by atoms with E-state index in [0.29, 0.717) is 23.7 Å². The lowest BCUT2D eigenvalue weighted by Crippen LogP contribution is -2.14. The summed E-state index contributed by atoms with van der Waals surface area (Å²) in [6.45, 7) is 4.62. The molecule has 0 saturated carbocycles. The molecular formula is C10H12Cl2FN. The van der Waals surface area contributed by atoms with Crippen molar-refractivity contribution in [1.82, 2.24) is 5.32 Å². The maximum absolute atomic E-state index is 13.1. The molecule has 14 heavy (non-hydrogen) atoms. The zero-order valence-electron chi connectivity index (χ0n) is 7.59. The van der Waals surface area contributed by atoms with Crippen LogP contribution in [0.25, 0.3) is 0 Å². The van der Waals surface area contributed by atoms with Gasteiger partial charge in [-0.2, -0.15) is 0 Å². The van der Waals surface area contributed by atoms with Crippen LogP contribution in [0.15, 0.2) is 30.9 Å². The Bertz CT molecular complexity index is 282. The highest BCUT2D eigenvalue weighted by atomic mass is 35.5.